The Morgan fingerprint density at radius 1 is 1.88 bits per heavy atom. The number of hydrogen-bond acceptors (Lipinski definition) is 4. The van der Waals surface area contributed by atoms with Crippen molar-refractivity contribution < 1.29 is 9.63 Å². The molecule has 0 aliphatic carbocycles. The van der Waals surface area contributed by atoms with Crippen LogP contribution >= 0.6 is 0 Å². The van der Waals surface area contributed by atoms with E-state index in [-0.39, 0.29) is 12.8 Å². The number of carbonyl (C=O) groups is 1. The van der Waals surface area contributed by atoms with Crippen molar-refractivity contribution in [3.8, 4) is 6.07 Å². The summed E-state index contributed by atoms with van der Waals surface area (Å²) in [4.78, 5) is 13.8. The lowest BCUT2D eigenvalue weighted by molar-refractivity contribution is -0.144. The highest BCUT2D eigenvalue weighted by molar-refractivity contribution is 5.69. The molecular formula is C4H6N2O2. The third kappa shape index (κ3) is 3.12. The minimum atomic E-state index is -0.549. The van der Waals surface area contributed by atoms with Crippen LogP contribution in [0.25, 0.3) is 0 Å². The van der Waals surface area contributed by atoms with Crippen molar-refractivity contribution >= 4 is 5.97 Å². The summed E-state index contributed by atoms with van der Waals surface area (Å²) in [5.41, 5.74) is 0. The molecule has 0 aromatic heterocycles. The van der Waals surface area contributed by atoms with E-state index in [2.05, 4.69) is 10.7 Å². The quantitative estimate of drug-likeness (QED) is 0.500. The predicted octanol–water partition coefficient (Wildman–Crippen LogP) is -0.293. The monoisotopic (exact) mass is 114 g/mol. The van der Waals surface area contributed by atoms with Gasteiger partial charge in [-0.2, -0.15) is 11.2 Å². The van der Waals surface area contributed by atoms with Crippen molar-refractivity contribution in [3.63, 3.8) is 0 Å². The maximum atomic E-state index is 10.1. The van der Waals surface area contributed by atoms with E-state index in [0.717, 1.165) is 0 Å². The number of nitrogens with zero attached hydrogens (tertiary/aromatic N) is 1. The first-order valence-electron chi connectivity index (χ1n) is 2.07. The van der Waals surface area contributed by atoms with Gasteiger partial charge in [-0.15, -0.1) is 0 Å². The first kappa shape index (κ1) is 6.92. The van der Waals surface area contributed by atoms with Crippen LogP contribution in [0.4, 0.5) is 0 Å². The van der Waals surface area contributed by atoms with Crippen molar-refractivity contribution in [3.05, 3.63) is 0 Å². The van der Waals surface area contributed by atoms with E-state index in [9.17, 15) is 4.79 Å². The molecule has 0 aromatic rings. The van der Waals surface area contributed by atoms with Gasteiger partial charge in [-0.05, 0) is 0 Å². The molecule has 0 bridgehead atoms. The first-order valence-corrected chi connectivity index (χ1v) is 2.07. The molecule has 0 heterocycles. The molecule has 0 fully saturated rings. The molecule has 44 valence electrons. The lowest BCUT2D eigenvalue weighted by Crippen LogP contribution is -2.08. The van der Waals surface area contributed by atoms with E-state index in [0.29, 0.717) is 0 Å². The third-order valence-corrected chi connectivity index (χ3v) is 0.572. The predicted molar refractivity (Wildman–Crippen MR) is 25.1 cm³/mol. The molecular weight excluding hydrogens is 108 g/mol. The topological polar surface area (TPSA) is 76.1 Å². The average molecular weight is 114 g/mol. The van der Waals surface area contributed by atoms with Gasteiger partial charge in [0, 0.05) is 6.42 Å². The summed E-state index contributed by atoms with van der Waals surface area (Å²) in [6.07, 6.45) is 0.239. The van der Waals surface area contributed by atoms with Crippen molar-refractivity contribution in [2.24, 2.45) is 5.90 Å². The van der Waals surface area contributed by atoms with E-state index < -0.39 is 5.97 Å². The molecule has 0 amide bonds. The van der Waals surface area contributed by atoms with Crippen molar-refractivity contribution in [1.82, 2.24) is 0 Å². The van der Waals surface area contributed by atoms with Gasteiger partial charge in [0.2, 0.25) is 0 Å². The van der Waals surface area contributed by atoms with Crippen molar-refractivity contribution in [2.75, 3.05) is 0 Å². The summed E-state index contributed by atoms with van der Waals surface area (Å²) >= 11 is 0. The van der Waals surface area contributed by atoms with Crippen LogP contribution in [-0.4, -0.2) is 5.97 Å². The molecule has 0 unspecified atom stereocenters. The Balaban J connectivity index is 3.15. The minimum absolute atomic E-state index is 0.0764. The van der Waals surface area contributed by atoms with Crippen LogP contribution in [0, 0.1) is 11.3 Å². The van der Waals surface area contributed by atoms with E-state index in [1.807, 2.05) is 0 Å². The number of hydrogen-bond donors (Lipinski definition) is 1. The Labute approximate surface area is 46.8 Å². The molecule has 8 heavy (non-hydrogen) atoms. The van der Waals surface area contributed by atoms with Crippen LogP contribution < -0.4 is 5.90 Å². The molecule has 0 saturated carbocycles. The molecule has 4 nitrogen and oxygen atoms in total. The third-order valence-electron chi connectivity index (χ3n) is 0.572. The van der Waals surface area contributed by atoms with Gasteiger partial charge in [0.1, 0.15) is 0 Å². The van der Waals surface area contributed by atoms with E-state index in [4.69, 9.17) is 5.26 Å². The van der Waals surface area contributed by atoms with Crippen LogP contribution in [0.3, 0.4) is 0 Å². The summed E-state index contributed by atoms with van der Waals surface area (Å²) in [6.45, 7) is 0. The van der Waals surface area contributed by atoms with Crippen LogP contribution in [0.15, 0.2) is 0 Å². The van der Waals surface area contributed by atoms with Crippen LogP contribution in [0.1, 0.15) is 12.8 Å². The van der Waals surface area contributed by atoms with Crippen LogP contribution in [0.2, 0.25) is 0 Å². The molecule has 0 rings (SSSR count). The number of rotatable bonds is 2. The Bertz CT molecular complexity index is 116. The molecule has 0 saturated heterocycles. The summed E-state index contributed by atoms with van der Waals surface area (Å²) < 4.78 is 0. The zero-order valence-corrected chi connectivity index (χ0v) is 4.26. The smallest absolute Gasteiger partial charge is 0.325 e. The van der Waals surface area contributed by atoms with Crippen LogP contribution in [-0.2, 0) is 9.63 Å². The molecule has 0 spiro atoms. The second-order valence-corrected chi connectivity index (χ2v) is 1.15. The van der Waals surface area contributed by atoms with E-state index in [1.165, 1.54) is 0 Å². The lowest BCUT2D eigenvalue weighted by Gasteiger charge is -1.88. The van der Waals surface area contributed by atoms with Gasteiger partial charge in [0.15, 0.2) is 0 Å². The Morgan fingerprint density at radius 2 is 2.50 bits per heavy atom. The fraction of sp³-hybridized carbons (Fsp3) is 0.500. The standard InChI is InChI=1S/C4H6N2O2/c5-3-1-2-4(7)8-6/h1-2,6H2. The summed E-state index contributed by atoms with van der Waals surface area (Å²) in [5, 5.41) is 7.91. The second kappa shape index (κ2) is 4.09. The normalized spacial score (nSPS) is 7.50. The van der Waals surface area contributed by atoms with Crippen molar-refractivity contribution in [2.45, 2.75) is 12.8 Å². The Morgan fingerprint density at radius 3 is 2.88 bits per heavy atom. The van der Waals surface area contributed by atoms with Gasteiger partial charge in [0.05, 0.1) is 12.5 Å². The Hall–Kier alpha value is -1.08. The average Bonchev–Trinajstić information content (AvgIpc) is 1.83. The van der Waals surface area contributed by atoms with Crippen LogP contribution in [0.5, 0.6) is 0 Å². The SMILES string of the molecule is N#CCCC(=O)ON. The van der Waals surface area contributed by atoms with Gasteiger partial charge in [-0.3, -0.25) is 4.79 Å². The first-order chi connectivity index (χ1) is 3.81. The molecule has 0 aliphatic rings. The lowest BCUT2D eigenvalue weighted by atomic mass is 10.3. The maximum Gasteiger partial charge on any atom is 0.325 e. The van der Waals surface area contributed by atoms with Crippen molar-refractivity contribution in [1.29, 1.82) is 5.26 Å². The maximum absolute atomic E-state index is 10.1. The van der Waals surface area contributed by atoms with E-state index >= 15 is 0 Å². The molecule has 0 aromatic carbocycles. The minimum Gasteiger partial charge on any atom is -0.373 e. The zero-order chi connectivity index (χ0) is 6.41. The summed E-state index contributed by atoms with van der Waals surface area (Å²) in [6, 6.07) is 1.78. The zero-order valence-electron chi connectivity index (χ0n) is 4.26. The number of carbonyl (C=O) groups excluding carboxylic acids is 1. The highest BCUT2D eigenvalue weighted by Crippen LogP contribution is 1.85. The molecule has 0 atom stereocenters. The summed E-state index contributed by atoms with van der Waals surface area (Å²) in [7, 11) is 0. The number of nitriles is 1. The second-order valence-electron chi connectivity index (χ2n) is 1.15. The molecule has 0 aliphatic heterocycles. The van der Waals surface area contributed by atoms with Gasteiger partial charge < -0.3 is 4.84 Å². The Kier molecular flexibility index (Phi) is 3.54. The molecule has 2 N–H and O–H groups in total. The van der Waals surface area contributed by atoms with E-state index in [1.54, 1.807) is 6.07 Å². The fourth-order valence-electron chi connectivity index (χ4n) is 0.217. The van der Waals surface area contributed by atoms with Gasteiger partial charge in [-0.25, -0.2) is 0 Å². The molecule has 4 heteroatoms. The highest BCUT2D eigenvalue weighted by Gasteiger charge is 1.96. The largest absolute Gasteiger partial charge is 0.373 e. The van der Waals surface area contributed by atoms with Gasteiger partial charge in [-0.1, -0.05) is 0 Å². The fourth-order valence-corrected chi connectivity index (χ4v) is 0.217. The highest BCUT2D eigenvalue weighted by atomic mass is 16.7. The van der Waals surface area contributed by atoms with Gasteiger partial charge >= 0.3 is 5.97 Å². The number of nitrogens with two attached hydrogens (primary N) is 1. The molecule has 0 radical (unpaired) electrons. The van der Waals surface area contributed by atoms with Gasteiger partial charge in [0.25, 0.3) is 0 Å². The summed E-state index contributed by atoms with van der Waals surface area (Å²) in [5.74, 6) is 3.90.